The van der Waals surface area contributed by atoms with Gasteiger partial charge in [0.05, 0.1) is 6.61 Å². The largest absolute Gasteiger partial charge is 0.494 e. The van der Waals surface area contributed by atoms with Crippen molar-refractivity contribution in [3.8, 4) is 23.0 Å². The van der Waals surface area contributed by atoms with E-state index in [0.717, 1.165) is 41.0 Å². The van der Waals surface area contributed by atoms with E-state index in [0.29, 0.717) is 24.7 Å². The number of rotatable bonds is 7. The number of benzene rings is 3. The highest BCUT2D eigenvalue weighted by atomic mass is 16.5. The molecule has 3 aromatic carbocycles. The van der Waals surface area contributed by atoms with Gasteiger partial charge in [-0.05, 0) is 49.1 Å². The van der Waals surface area contributed by atoms with Crippen molar-refractivity contribution in [1.29, 1.82) is 0 Å². The lowest BCUT2D eigenvalue weighted by atomic mass is 9.96. The Morgan fingerprint density at radius 3 is 2.55 bits per heavy atom. The van der Waals surface area contributed by atoms with Gasteiger partial charge in [-0.1, -0.05) is 36.4 Å². The van der Waals surface area contributed by atoms with Crippen LogP contribution in [0.2, 0.25) is 0 Å². The van der Waals surface area contributed by atoms with E-state index in [1.807, 2.05) is 67.6 Å². The molecule has 0 bridgehead atoms. The second-order valence-electron chi connectivity index (χ2n) is 7.42. The van der Waals surface area contributed by atoms with Gasteiger partial charge in [-0.15, -0.1) is 0 Å². The third-order valence-electron chi connectivity index (χ3n) is 5.13. The van der Waals surface area contributed by atoms with Crippen molar-refractivity contribution in [2.45, 2.75) is 39.4 Å². The van der Waals surface area contributed by atoms with Gasteiger partial charge in [-0.25, -0.2) is 0 Å². The van der Waals surface area contributed by atoms with E-state index in [9.17, 15) is 4.79 Å². The number of hydrogen-bond acceptors (Lipinski definition) is 5. The average Bonchev–Trinajstić information content (AvgIpc) is 2.78. The Morgan fingerprint density at radius 1 is 1.00 bits per heavy atom. The van der Waals surface area contributed by atoms with E-state index >= 15 is 0 Å². The molecule has 1 heterocycles. The summed E-state index contributed by atoms with van der Waals surface area (Å²) < 4.78 is 23.3. The summed E-state index contributed by atoms with van der Waals surface area (Å²) in [5.41, 5.74) is 3.05. The fraction of sp³-hybridized carbons (Fsp3) is 0.269. The van der Waals surface area contributed by atoms with Gasteiger partial charge in [0.1, 0.15) is 35.7 Å². The van der Waals surface area contributed by atoms with Gasteiger partial charge in [0.15, 0.2) is 0 Å². The molecule has 3 aromatic rings. The number of carbonyl (C=O) groups excluding carboxylic acids is 1. The Bertz CT molecular complexity index is 1040. The van der Waals surface area contributed by atoms with Crippen LogP contribution >= 0.6 is 0 Å². The normalized spacial score (nSPS) is 14.8. The summed E-state index contributed by atoms with van der Waals surface area (Å²) in [5.74, 6) is 2.31. The van der Waals surface area contributed by atoms with Crippen LogP contribution in [-0.2, 0) is 17.8 Å². The molecule has 0 saturated heterocycles. The highest BCUT2D eigenvalue weighted by Gasteiger charge is 2.25. The molecule has 160 valence electrons. The maximum atomic E-state index is 11.7. The predicted octanol–water partition coefficient (Wildman–Crippen LogP) is 5.66. The lowest BCUT2D eigenvalue weighted by molar-refractivity contribution is -0.132. The first-order valence-electron chi connectivity index (χ1n) is 10.5. The fourth-order valence-corrected chi connectivity index (χ4v) is 3.68. The van der Waals surface area contributed by atoms with Crippen molar-refractivity contribution in [2.75, 3.05) is 6.61 Å². The molecule has 1 unspecified atom stereocenters. The summed E-state index contributed by atoms with van der Waals surface area (Å²) in [6.45, 7) is 4.39. The molecule has 0 N–H and O–H groups in total. The molecule has 1 atom stereocenters. The Labute approximate surface area is 182 Å². The van der Waals surface area contributed by atoms with Crippen LogP contribution in [0.15, 0.2) is 66.7 Å². The van der Waals surface area contributed by atoms with E-state index in [2.05, 4.69) is 0 Å². The molecule has 0 aromatic heterocycles. The van der Waals surface area contributed by atoms with Crippen molar-refractivity contribution >= 4 is 5.97 Å². The number of fused-ring (bicyclic) bond motifs is 1. The zero-order chi connectivity index (χ0) is 21.6. The molecule has 5 heteroatoms. The first-order chi connectivity index (χ1) is 15.1. The molecule has 0 saturated carbocycles. The van der Waals surface area contributed by atoms with Crippen LogP contribution in [0.4, 0.5) is 0 Å². The number of ether oxygens (including phenoxy) is 4. The quantitative estimate of drug-likeness (QED) is 0.366. The third kappa shape index (κ3) is 5.18. The average molecular weight is 418 g/mol. The van der Waals surface area contributed by atoms with Gasteiger partial charge in [-0.3, -0.25) is 4.79 Å². The lowest BCUT2D eigenvalue weighted by Crippen LogP contribution is -2.17. The minimum absolute atomic E-state index is 0.220. The van der Waals surface area contributed by atoms with Crippen molar-refractivity contribution < 1.29 is 23.7 Å². The summed E-state index contributed by atoms with van der Waals surface area (Å²) in [4.78, 5) is 11.7. The Hall–Kier alpha value is -3.47. The molecule has 0 radical (unpaired) electrons. The molecular weight excluding hydrogens is 392 g/mol. The number of hydrogen-bond donors (Lipinski definition) is 0. The summed E-state index contributed by atoms with van der Waals surface area (Å²) >= 11 is 0. The van der Waals surface area contributed by atoms with Gasteiger partial charge in [0.2, 0.25) is 0 Å². The summed E-state index contributed by atoms with van der Waals surface area (Å²) in [5, 5.41) is 0. The molecule has 4 rings (SSSR count). The molecule has 0 spiro atoms. The van der Waals surface area contributed by atoms with Gasteiger partial charge in [0.25, 0.3) is 0 Å². The highest BCUT2D eigenvalue weighted by molar-refractivity contribution is 5.70. The van der Waals surface area contributed by atoms with Crippen LogP contribution < -0.4 is 18.9 Å². The lowest BCUT2D eigenvalue weighted by Gasteiger charge is -2.28. The summed E-state index contributed by atoms with van der Waals surface area (Å²) in [6.07, 6.45) is 1.44. The van der Waals surface area contributed by atoms with E-state index in [-0.39, 0.29) is 12.1 Å². The minimum Gasteiger partial charge on any atom is -0.494 e. The van der Waals surface area contributed by atoms with Crippen molar-refractivity contribution in [3.63, 3.8) is 0 Å². The molecule has 0 amide bonds. The molecule has 1 aliphatic rings. The zero-order valence-electron chi connectivity index (χ0n) is 17.8. The number of carbonyl (C=O) groups is 1. The van der Waals surface area contributed by atoms with Gasteiger partial charge >= 0.3 is 5.97 Å². The highest BCUT2D eigenvalue weighted by Crippen LogP contribution is 2.41. The fourth-order valence-electron chi connectivity index (χ4n) is 3.68. The van der Waals surface area contributed by atoms with Crippen molar-refractivity contribution in [1.82, 2.24) is 0 Å². The molecular formula is C26H26O5. The van der Waals surface area contributed by atoms with Crippen LogP contribution in [0.3, 0.4) is 0 Å². The van der Waals surface area contributed by atoms with Crippen LogP contribution in [0.5, 0.6) is 23.0 Å². The van der Waals surface area contributed by atoms with Crippen molar-refractivity contribution in [2.24, 2.45) is 0 Å². The predicted molar refractivity (Wildman–Crippen MR) is 118 cm³/mol. The van der Waals surface area contributed by atoms with Crippen LogP contribution in [-0.4, -0.2) is 12.6 Å². The zero-order valence-corrected chi connectivity index (χ0v) is 17.8. The van der Waals surface area contributed by atoms with Crippen LogP contribution in [0.25, 0.3) is 0 Å². The first-order valence-corrected chi connectivity index (χ1v) is 10.5. The molecule has 0 aliphatic carbocycles. The molecule has 31 heavy (non-hydrogen) atoms. The van der Waals surface area contributed by atoms with E-state index in [1.165, 1.54) is 6.92 Å². The van der Waals surface area contributed by atoms with Gasteiger partial charge in [0, 0.05) is 24.6 Å². The second kappa shape index (κ2) is 9.56. The van der Waals surface area contributed by atoms with Gasteiger partial charge < -0.3 is 18.9 Å². The topological polar surface area (TPSA) is 54.0 Å². The SMILES string of the molecule is CCOc1ccc2c(c1)OC(c1ccc(OCc3ccccc3)cc1OC(C)=O)CC2. The standard InChI is InChI=1S/C26H26O5/c1-3-28-21-11-9-20-10-14-24(31-25(20)15-21)23-13-12-22(16-26(23)30-18(2)27)29-17-19-7-5-4-6-8-19/h4-9,11-13,15-16,24H,3,10,14,17H2,1-2H3. The summed E-state index contributed by atoms with van der Waals surface area (Å²) in [7, 11) is 0. The maximum absolute atomic E-state index is 11.7. The third-order valence-corrected chi connectivity index (χ3v) is 5.13. The Morgan fingerprint density at radius 2 is 1.77 bits per heavy atom. The monoisotopic (exact) mass is 418 g/mol. The molecule has 5 nitrogen and oxygen atoms in total. The first kappa shape index (κ1) is 20.8. The molecule has 0 fully saturated rings. The number of esters is 1. The van der Waals surface area contributed by atoms with Gasteiger partial charge in [-0.2, -0.15) is 0 Å². The maximum Gasteiger partial charge on any atom is 0.308 e. The Kier molecular flexibility index (Phi) is 6.41. The number of aryl methyl sites for hydroxylation is 1. The second-order valence-corrected chi connectivity index (χ2v) is 7.42. The van der Waals surface area contributed by atoms with E-state index in [1.54, 1.807) is 6.07 Å². The van der Waals surface area contributed by atoms with Crippen LogP contribution in [0.1, 0.15) is 43.1 Å². The smallest absolute Gasteiger partial charge is 0.308 e. The summed E-state index contributed by atoms with van der Waals surface area (Å²) in [6, 6.07) is 21.4. The van der Waals surface area contributed by atoms with Crippen molar-refractivity contribution in [3.05, 3.63) is 83.4 Å². The van der Waals surface area contributed by atoms with E-state index < -0.39 is 0 Å². The molecule has 1 aliphatic heterocycles. The van der Waals surface area contributed by atoms with E-state index in [4.69, 9.17) is 18.9 Å². The minimum atomic E-state index is -0.378. The van der Waals surface area contributed by atoms with Crippen LogP contribution in [0, 0.1) is 0 Å². The Balaban J connectivity index is 1.55.